The standard InChI is InChI=1S/C6H5Cl2N.C6H5ClN2O2.CH4O.Li/c1-4-2-3-5(7)9-6(4)8;7-4-2-1-3(6(10)11)5(8)9-4;1-2;/h2-3H,1H3;1-2H,(H2,8,9)(H,10,11);2H,1H3;/q;;;+1/p-1. The normalized spacial score (nSPS) is 8.61. The summed E-state index contributed by atoms with van der Waals surface area (Å²) < 4.78 is 0. The maximum absolute atomic E-state index is 10.3. The number of aryl methyl sites for hydroxylation is 1. The quantitative estimate of drug-likeness (QED) is 0.490. The van der Waals surface area contributed by atoms with E-state index in [1.165, 1.54) is 12.1 Å². The van der Waals surface area contributed by atoms with E-state index in [1.54, 1.807) is 6.07 Å². The van der Waals surface area contributed by atoms with E-state index < -0.39 is 5.97 Å². The minimum atomic E-state index is -1.35. The van der Waals surface area contributed by atoms with Crippen LogP contribution in [0.1, 0.15) is 15.9 Å². The van der Waals surface area contributed by atoms with E-state index in [2.05, 4.69) is 9.97 Å². The van der Waals surface area contributed by atoms with Gasteiger partial charge < -0.3 is 20.7 Å². The third-order valence-corrected chi connectivity index (χ3v) is 2.92. The van der Waals surface area contributed by atoms with Gasteiger partial charge in [0.05, 0.1) is 5.97 Å². The van der Waals surface area contributed by atoms with Crippen molar-refractivity contribution in [3.05, 3.63) is 50.9 Å². The fraction of sp³-hybridized carbons (Fsp3) is 0.154. The number of nitrogen functional groups attached to an aromatic ring is 1. The second-order valence-electron chi connectivity index (χ2n) is 3.60. The van der Waals surface area contributed by atoms with Crippen LogP contribution in [-0.4, -0.2) is 28.2 Å². The summed E-state index contributed by atoms with van der Waals surface area (Å²) in [5, 5.41) is 18.3. The van der Waals surface area contributed by atoms with Crippen LogP contribution in [-0.2, 0) is 0 Å². The molecule has 0 unspecified atom stereocenters. The van der Waals surface area contributed by atoms with Gasteiger partial charge in [0.25, 0.3) is 0 Å². The zero-order valence-electron chi connectivity index (χ0n) is 12.7. The van der Waals surface area contributed by atoms with Crippen molar-refractivity contribution in [2.75, 3.05) is 12.8 Å². The summed E-state index contributed by atoms with van der Waals surface area (Å²) in [4.78, 5) is 17.6. The van der Waals surface area contributed by atoms with Crippen molar-refractivity contribution in [1.82, 2.24) is 9.97 Å². The molecule has 0 radical (unpaired) electrons. The van der Waals surface area contributed by atoms with Gasteiger partial charge in [-0.1, -0.05) is 40.9 Å². The van der Waals surface area contributed by atoms with Crippen LogP contribution in [0.2, 0.25) is 15.5 Å². The summed E-state index contributed by atoms with van der Waals surface area (Å²) in [5.41, 5.74) is 6.01. The van der Waals surface area contributed by atoms with Gasteiger partial charge in [-0.2, -0.15) is 0 Å². The van der Waals surface area contributed by atoms with Crippen molar-refractivity contribution in [3.8, 4) is 0 Å². The topological polar surface area (TPSA) is 112 Å². The maximum Gasteiger partial charge on any atom is 1.00 e. The Morgan fingerprint density at radius 2 is 1.57 bits per heavy atom. The summed E-state index contributed by atoms with van der Waals surface area (Å²) in [7, 11) is 1.00. The minimum absolute atomic E-state index is 0. The second-order valence-corrected chi connectivity index (χ2v) is 4.73. The molecule has 0 aromatic carbocycles. The van der Waals surface area contributed by atoms with Gasteiger partial charge in [-0.05, 0) is 30.7 Å². The third-order valence-electron chi connectivity index (χ3n) is 2.11. The fourth-order valence-electron chi connectivity index (χ4n) is 1.10. The average Bonchev–Trinajstić information content (AvgIpc) is 2.45. The molecule has 0 bridgehead atoms. The second kappa shape index (κ2) is 12.4. The Balaban J connectivity index is 0. The molecule has 0 aliphatic carbocycles. The first-order valence-electron chi connectivity index (χ1n) is 5.68. The molecular formula is C13H13Cl3LiN3O3. The van der Waals surface area contributed by atoms with Gasteiger partial charge in [-0.3, -0.25) is 0 Å². The number of aromatic nitrogens is 2. The number of aliphatic hydroxyl groups is 1. The molecule has 0 fully saturated rings. The summed E-state index contributed by atoms with van der Waals surface area (Å²) in [6.07, 6.45) is 0. The smallest absolute Gasteiger partial charge is 0.545 e. The molecule has 2 aromatic heterocycles. The first-order chi connectivity index (χ1) is 10.3. The minimum Gasteiger partial charge on any atom is -0.545 e. The van der Waals surface area contributed by atoms with Crippen molar-refractivity contribution >= 4 is 46.6 Å². The Kier molecular flexibility index (Phi) is 13.1. The molecule has 0 saturated carbocycles. The number of carboxylic acid groups (broad SMARTS) is 1. The van der Waals surface area contributed by atoms with Gasteiger partial charge in [0.2, 0.25) is 0 Å². The van der Waals surface area contributed by atoms with E-state index in [9.17, 15) is 9.90 Å². The first-order valence-corrected chi connectivity index (χ1v) is 6.81. The van der Waals surface area contributed by atoms with Gasteiger partial charge in [0.1, 0.15) is 21.3 Å². The van der Waals surface area contributed by atoms with Crippen LogP contribution >= 0.6 is 34.8 Å². The Morgan fingerprint density at radius 1 is 1.09 bits per heavy atom. The number of pyridine rings is 2. The number of aliphatic hydroxyl groups excluding tert-OH is 1. The zero-order valence-corrected chi connectivity index (χ0v) is 14.9. The van der Waals surface area contributed by atoms with Crippen LogP contribution in [0.5, 0.6) is 0 Å². The van der Waals surface area contributed by atoms with Crippen molar-refractivity contribution in [2.24, 2.45) is 0 Å². The number of halogens is 3. The molecule has 10 heteroatoms. The van der Waals surface area contributed by atoms with Gasteiger partial charge in [-0.15, -0.1) is 0 Å². The molecule has 0 aliphatic heterocycles. The van der Waals surface area contributed by atoms with Crippen LogP contribution in [0.4, 0.5) is 5.82 Å². The van der Waals surface area contributed by atoms with Crippen LogP contribution in [0.3, 0.4) is 0 Å². The van der Waals surface area contributed by atoms with E-state index >= 15 is 0 Å². The number of nitrogens with zero attached hydrogens (tertiary/aromatic N) is 2. The molecule has 3 N–H and O–H groups in total. The summed E-state index contributed by atoms with van der Waals surface area (Å²) in [5.74, 6) is -1.48. The Hall–Kier alpha value is -1.00. The molecule has 0 atom stereocenters. The molecule has 0 saturated heterocycles. The van der Waals surface area contributed by atoms with Gasteiger partial charge in [0.15, 0.2) is 0 Å². The van der Waals surface area contributed by atoms with E-state index in [4.69, 9.17) is 45.6 Å². The molecule has 6 nitrogen and oxygen atoms in total. The van der Waals surface area contributed by atoms with Crippen molar-refractivity contribution in [2.45, 2.75) is 6.92 Å². The predicted molar refractivity (Wildman–Crippen MR) is 85.1 cm³/mol. The molecule has 2 rings (SSSR count). The van der Waals surface area contributed by atoms with E-state index in [-0.39, 0.29) is 35.4 Å². The zero-order chi connectivity index (χ0) is 17.3. The van der Waals surface area contributed by atoms with Gasteiger partial charge in [-0.25, -0.2) is 9.97 Å². The third kappa shape index (κ3) is 9.01. The van der Waals surface area contributed by atoms with Crippen molar-refractivity contribution in [3.63, 3.8) is 0 Å². The molecule has 0 aliphatic rings. The number of nitrogens with two attached hydrogens (primary N) is 1. The number of rotatable bonds is 1. The van der Waals surface area contributed by atoms with Crippen LogP contribution in [0, 0.1) is 6.92 Å². The van der Waals surface area contributed by atoms with Gasteiger partial charge in [0, 0.05) is 12.7 Å². The monoisotopic (exact) mass is 371 g/mol. The van der Waals surface area contributed by atoms with Crippen LogP contribution in [0.15, 0.2) is 24.3 Å². The maximum atomic E-state index is 10.3. The predicted octanol–water partition coefficient (Wildman–Crippen LogP) is -1.01. The number of carboxylic acids is 1. The van der Waals surface area contributed by atoms with E-state index in [0.29, 0.717) is 10.3 Å². The Labute approximate surface area is 160 Å². The SMILES string of the molecule is CO.Cc1ccc(Cl)nc1Cl.Nc1nc(Cl)ccc1C(=O)[O-].[Li+]. The summed E-state index contributed by atoms with van der Waals surface area (Å²) in [6, 6.07) is 6.13. The summed E-state index contributed by atoms with van der Waals surface area (Å²) >= 11 is 16.6. The largest absolute Gasteiger partial charge is 1.00 e. The molecule has 0 spiro atoms. The van der Waals surface area contributed by atoms with Gasteiger partial charge >= 0.3 is 18.9 Å². The number of hydrogen-bond acceptors (Lipinski definition) is 6. The van der Waals surface area contributed by atoms with Crippen LogP contribution in [0.25, 0.3) is 0 Å². The molecule has 2 aromatic rings. The van der Waals surface area contributed by atoms with Crippen LogP contribution < -0.4 is 29.7 Å². The number of carbonyl (C=O) groups excluding carboxylic acids is 1. The molecular weight excluding hydrogens is 359 g/mol. The van der Waals surface area contributed by atoms with Crippen molar-refractivity contribution in [1.29, 1.82) is 0 Å². The number of anilines is 1. The van der Waals surface area contributed by atoms with E-state index in [0.717, 1.165) is 12.7 Å². The molecule has 23 heavy (non-hydrogen) atoms. The molecule has 0 amide bonds. The molecule has 120 valence electrons. The average molecular weight is 373 g/mol. The Bertz CT molecular complexity index is 645. The fourth-order valence-corrected chi connectivity index (χ4v) is 1.60. The molecule has 2 heterocycles. The number of hydrogen-bond donors (Lipinski definition) is 2. The Morgan fingerprint density at radius 3 is 1.96 bits per heavy atom. The number of carbonyl (C=O) groups is 1. The number of aromatic carboxylic acids is 1. The van der Waals surface area contributed by atoms with E-state index in [1.807, 2.05) is 13.0 Å². The summed E-state index contributed by atoms with van der Waals surface area (Å²) in [6.45, 7) is 1.88. The van der Waals surface area contributed by atoms with Crippen molar-refractivity contribution < 1.29 is 33.9 Å². The first kappa shape index (κ1) is 24.3.